The molecule has 0 bridgehead atoms. The van der Waals surface area contributed by atoms with Crippen LogP contribution >= 0.6 is 0 Å². The third kappa shape index (κ3) is 2.96. The van der Waals surface area contributed by atoms with Gasteiger partial charge in [-0.05, 0) is 32.9 Å². The summed E-state index contributed by atoms with van der Waals surface area (Å²) >= 11 is 0. The Morgan fingerprint density at radius 1 is 1.64 bits per heavy atom. The van der Waals surface area contributed by atoms with Gasteiger partial charge in [-0.25, -0.2) is 0 Å². The van der Waals surface area contributed by atoms with E-state index in [9.17, 15) is 4.79 Å². The normalized spacial score (nSPS) is 18.3. The van der Waals surface area contributed by atoms with Crippen LogP contribution in [0, 0.1) is 5.92 Å². The van der Waals surface area contributed by atoms with Gasteiger partial charge in [0.1, 0.15) is 6.04 Å². The van der Waals surface area contributed by atoms with Crippen molar-refractivity contribution in [1.29, 1.82) is 0 Å². The van der Waals surface area contributed by atoms with Crippen LogP contribution in [-0.4, -0.2) is 51.2 Å². The SMILES string of the molecule is CNCCN(C)C(C(=O)OC)C1CC1. The topological polar surface area (TPSA) is 41.6 Å². The van der Waals surface area contributed by atoms with Crippen molar-refractivity contribution in [1.82, 2.24) is 10.2 Å². The van der Waals surface area contributed by atoms with E-state index in [0.717, 1.165) is 25.9 Å². The summed E-state index contributed by atoms with van der Waals surface area (Å²) in [6, 6.07) is -0.0339. The number of hydrogen-bond acceptors (Lipinski definition) is 4. The van der Waals surface area contributed by atoms with Gasteiger partial charge in [0.25, 0.3) is 0 Å². The second-order valence-electron chi connectivity index (χ2n) is 3.89. The second kappa shape index (κ2) is 5.32. The molecule has 0 spiro atoms. The molecule has 0 aromatic heterocycles. The zero-order chi connectivity index (χ0) is 10.6. The quantitative estimate of drug-likeness (QED) is 0.617. The molecule has 1 fully saturated rings. The Balaban J connectivity index is 2.44. The molecule has 0 amide bonds. The van der Waals surface area contributed by atoms with E-state index in [2.05, 4.69) is 10.2 Å². The van der Waals surface area contributed by atoms with Gasteiger partial charge in [-0.1, -0.05) is 0 Å². The summed E-state index contributed by atoms with van der Waals surface area (Å²) in [7, 11) is 5.36. The number of rotatable bonds is 6. The molecule has 0 saturated heterocycles. The summed E-state index contributed by atoms with van der Waals surface area (Å²) in [5.74, 6) is 0.426. The number of nitrogens with zero attached hydrogens (tertiary/aromatic N) is 1. The molecular weight excluding hydrogens is 180 g/mol. The van der Waals surface area contributed by atoms with E-state index in [4.69, 9.17) is 4.74 Å². The fraction of sp³-hybridized carbons (Fsp3) is 0.900. The zero-order valence-electron chi connectivity index (χ0n) is 9.25. The Labute approximate surface area is 85.6 Å². The molecule has 1 aliphatic rings. The lowest BCUT2D eigenvalue weighted by Crippen LogP contribution is -2.43. The largest absolute Gasteiger partial charge is 0.468 e. The second-order valence-corrected chi connectivity index (χ2v) is 3.89. The first-order chi connectivity index (χ1) is 6.70. The predicted octanol–water partition coefficient (Wildman–Crippen LogP) is 0.0892. The molecule has 0 aliphatic heterocycles. The minimum absolute atomic E-state index is 0.0339. The molecule has 1 N–H and O–H groups in total. The molecule has 0 aromatic rings. The van der Waals surface area contributed by atoms with Crippen LogP contribution in [0.3, 0.4) is 0 Å². The van der Waals surface area contributed by atoms with E-state index < -0.39 is 0 Å². The van der Waals surface area contributed by atoms with E-state index in [1.807, 2.05) is 14.1 Å². The standard InChI is InChI=1S/C10H20N2O2/c1-11-6-7-12(2)9(8-4-5-8)10(13)14-3/h8-9,11H,4-7H2,1-3H3. The lowest BCUT2D eigenvalue weighted by atomic mass is 10.1. The molecule has 82 valence electrons. The Morgan fingerprint density at radius 2 is 2.29 bits per heavy atom. The molecule has 1 atom stereocenters. The highest BCUT2D eigenvalue weighted by Gasteiger charge is 2.39. The molecule has 1 aliphatic carbocycles. The maximum Gasteiger partial charge on any atom is 0.323 e. The highest BCUT2D eigenvalue weighted by molar-refractivity contribution is 5.76. The summed E-state index contributed by atoms with van der Waals surface area (Å²) in [5, 5.41) is 3.08. The van der Waals surface area contributed by atoms with E-state index in [0.29, 0.717) is 5.92 Å². The van der Waals surface area contributed by atoms with Crippen LogP contribution < -0.4 is 5.32 Å². The fourth-order valence-electron chi connectivity index (χ4n) is 1.69. The van der Waals surface area contributed by atoms with Gasteiger partial charge in [0.15, 0.2) is 0 Å². The smallest absolute Gasteiger partial charge is 0.323 e. The maximum absolute atomic E-state index is 11.5. The van der Waals surface area contributed by atoms with E-state index in [-0.39, 0.29) is 12.0 Å². The van der Waals surface area contributed by atoms with Gasteiger partial charge in [0.05, 0.1) is 7.11 Å². The molecule has 0 radical (unpaired) electrons. The van der Waals surface area contributed by atoms with E-state index in [1.54, 1.807) is 0 Å². The van der Waals surface area contributed by atoms with Crippen LogP contribution in [0.5, 0.6) is 0 Å². The van der Waals surface area contributed by atoms with Crippen LogP contribution in [0.1, 0.15) is 12.8 Å². The van der Waals surface area contributed by atoms with Crippen molar-refractivity contribution in [3.8, 4) is 0 Å². The van der Waals surface area contributed by atoms with Crippen molar-refractivity contribution >= 4 is 5.97 Å². The Hall–Kier alpha value is -0.610. The number of esters is 1. The van der Waals surface area contributed by atoms with Crippen molar-refractivity contribution in [2.24, 2.45) is 5.92 Å². The molecular formula is C10H20N2O2. The monoisotopic (exact) mass is 200 g/mol. The molecule has 0 aromatic carbocycles. The molecule has 1 unspecified atom stereocenters. The van der Waals surface area contributed by atoms with Gasteiger partial charge >= 0.3 is 5.97 Å². The van der Waals surface area contributed by atoms with Gasteiger partial charge in [-0.2, -0.15) is 0 Å². The first-order valence-corrected chi connectivity index (χ1v) is 5.13. The Kier molecular flexibility index (Phi) is 4.35. The van der Waals surface area contributed by atoms with Gasteiger partial charge in [0, 0.05) is 13.1 Å². The molecule has 0 heterocycles. The summed E-state index contributed by atoms with van der Waals surface area (Å²) in [4.78, 5) is 13.6. The third-order valence-corrected chi connectivity index (χ3v) is 2.70. The van der Waals surface area contributed by atoms with E-state index >= 15 is 0 Å². The average Bonchev–Trinajstić information content (AvgIpc) is 2.98. The molecule has 4 nitrogen and oxygen atoms in total. The van der Waals surface area contributed by atoms with E-state index in [1.165, 1.54) is 7.11 Å². The van der Waals surface area contributed by atoms with Crippen LogP contribution in [0.15, 0.2) is 0 Å². The number of nitrogens with one attached hydrogen (secondary N) is 1. The Bertz CT molecular complexity index is 193. The van der Waals surface area contributed by atoms with Crippen LogP contribution in [0.25, 0.3) is 0 Å². The third-order valence-electron chi connectivity index (χ3n) is 2.70. The van der Waals surface area contributed by atoms with Crippen molar-refractivity contribution < 1.29 is 9.53 Å². The number of ether oxygens (including phenoxy) is 1. The highest BCUT2D eigenvalue weighted by atomic mass is 16.5. The minimum Gasteiger partial charge on any atom is -0.468 e. The lowest BCUT2D eigenvalue weighted by molar-refractivity contribution is -0.147. The number of likely N-dealkylation sites (N-methyl/N-ethyl adjacent to an activating group) is 2. The van der Waals surface area contributed by atoms with Crippen LogP contribution in [-0.2, 0) is 9.53 Å². The Morgan fingerprint density at radius 3 is 2.71 bits per heavy atom. The van der Waals surface area contributed by atoms with Gasteiger partial charge < -0.3 is 10.1 Å². The molecule has 1 saturated carbocycles. The zero-order valence-corrected chi connectivity index (χ0v) is 9.25. The van der Waals surface area contributed by atoms with Crippen molar-refractivity contribution in [2.45, 2.75) is 18.9 Å². The minimum atomic E-state index is -0.0916. The number of hydrogen-bond donors (Lipinski definition) is 1. The summed E-state index contributed by atoms with van der Waals surface area (Å²) in [6.07, 6.45) is 2.31. The summed E-state index contributed by atoms with van der Waals surface area (Å²) in [6.45, 7) is 1.78. The fourth-order valence-corrected chi connectivity index (χ4v) is 1.69. The van der Waals surface area contributed by atoms with Gasteiger partial charge in [0.2, 0.25) is 0 Å². The maximum atomic E-state index is 11.5. The number of methoxy groups -OCH3 is 1. The predicted molar refractivity (Wildman–Crippen MR) is 55.1 cm³/mol. The first kappa shape index (κ1) is 11.5. The van der Waals surface area contributed by atoms with Crippen molar-refractivity contribution in [3.63, 3.8) is 0 Å². The summed E-state index contributed by atoms with van der Waals surface area (Å²) < 4.78 is 4.81. The lowest BCUT2D eigenvalue weighted by Gasteiger charge is -2.25. The van der Waals surface area contributed by atoms with Crippen LogP contribution in [0.4, 0.5) is 0 Å². The molecule has 4 heteroatoms. The number of carbonyl (C=O) groups is 1. The van der Waals surface area contributed by atoms with Gasteiger partial charge in [-0.15, -0.1) is 0 Å². The van der Waals surface area contributed by atoms with Crippen molar-refractivity contribution in [2.75, 3.05) is 34.3 Å². The first-order valence-electron chi connectivity index (χ1n) is 5.13. The van der Waals surface area contributed by atoms with Gasteiger partial charge in [-0.3, -0.25) is 9.69 Å². The van der Waals surface area contributed by atoms with Crippen molar-refractivity contribution in [3.05, 3.63) is 0 Å². The molecule has 14 heavy (non-hydrogen) atoms. The van der Waals surface area contributed by atoms with Crippen LogP contribution in [0.2, 0.25) is 0 Å². The molecule has 1 rings (SSSR count). The number of carbonyl (C=O) groups excluding carboxylic acids is 1. The average molecular weight is 200 g/mol. The summed E-state index contributed by atoms with van der Waals surface area (Å²) in [5.41, 5.74) is 0. The highest BCUT2D eigenvalue weighted by Crippen LogP contribution is 2.35.